The van der Waals surface area contributed by atoms with Gasteiger partial charge >= 0.3 is 6.03 Å². The maximum absolute atomic E-state index is 13.3. The minimum absolute atomic E-state index is 0.182. The Morgan fingerprint density at radius 1 is 0.926 bits per heavy atom. The van der Waals surface area contributed by atoms with Crippen LogP contribution in [0.2, 0.25) is 0 Å². The van der Waals surface area contributed by atoms with Gasteiger partial charge in [0.15, 0.2) is 0 Å². The number of benzene rings is 1. The SMILES string of the molecule is COCCNC(=O)N1CCN(S(=O)(=O)c2c(C)c(C)c(C)c(C)c2C)CC1. The van der Waals surface area contributed by atoms with Crippen molar-refractivity contribution in [2.24, 2.45) is 0 Å². The molecule has 27 heavy (non-hydrogen) atoms. The van der Waals surface area contributed by atoms with Crippen LogP contribution in [0.25, 0.3) is 0 Å². The molecule has 1 N–H and O–H groups in total. The standard InChI is InChI=1S/C19H31N3O4S/c1-13-14(2)16(4)18(17(5)15(13)3)27(24,25)22-10-8-21(9-11-22)19(23)20-7-12-26-6/h7-12H2,1-6H3,(H,20,23). The lowest BCUT2D eigenvalue weighted by atomic mass is 9.95. The number of ether oxygens (including phenoxy) is 1. The number of urea groups is 1. The minimum atomic E-state index is -3.60. The van der Waals surface area contributed by atoms with Crippen molar-refractivity contribution in [1.29, 1.82) is 0 Å². The van der Waals surface area contributed by atoms with Gasteiger partial charge in [-0.15, -0.1) is 0 Å². The summed E-state index contributed by atoms with van der Waals surface area (Å²) in [5.41, 5.74) is 4.81. The molecule has 0 atom stereocenters. The second-order valence-corrected chi connectivity index (χ2v) is 8.94. The van der Waals surface area contributed by atoms with E-state index < -0.39 is 10.0 Å². The van der Waals surface area contributed by atoms with E-state index in [1.807, 2.05) is 34.6 Å². The van der Waals surface area contributed by atoms with E-state index in [0.29, 0.717) is 44.2 Å². The molecule has 0 spiro atoms. The number of carbonyl (C=O) groups is 1. The molecule has 0 radical (unpaired) electrons. The molecular formula is C19H31N3O4S. The molecule has 0 aliphatic carbocycles. The first kappa shape index (κ1) is 21.7. The second-order valence-electron chi connectivity index (χ2n) is 7.07. The van der Waals surface area contributed by atoms with Crippen LogP contribution in [0.5, 0.6) is 0 Å². The number of nitrogens with zero attached hydrogens (tertiary/aromatic N) is 2. The number of methoxy groups -OCH3 is 1. The van der Waals surface area contributed by atoms with Gasteiger partial charge in [0.05, 0.1) is 11.5 Å². The summed E-state index contributed by atoms with van der Waals surface area (Å²) < 4.78 is 33.1. The molecule has 1 aromatic carbocycles. The van der Waals surface area contributed by atoms with Crippen molar-refractivity contribution in [1.82, 2.24) is 14.5 Å². The Balaban J connectivity index is 2.18. The highest BCUT2D eigenvalue weighted by Gasteiger charge is 2.33. The quantitative estimate of drug-likeness (QED) is 0.770. The molecule has 152 valence electrons. The van der Waals surface area contributed by atoms with Gasteiger partial charge in [-0.2, -0.15) is 4.31 Å². The number of nitrogens with one attached hydrogen (secondary N) is 1. The van der Waals surface area contributed by atoms with Crippen LogP contribution in [-0.4, -0.2) is 70.1 Å². The fraction of sp³-hybridized carbons (Fsp3) is 0.632. The summed E-state index contributed by atoms with van der Waals surface area (Å²) in [7, 11) is -2.02. The van der Waals surface area contributed by atoms with Gasteiger partial charge in [-0.25, -0.2) is 13.2 Å². The number of amides is 2. The number of hydrogen-bond acceptors (Lipinski definition) is 4. The highest BCUT2D eigenvalue weighted by Crippen LogP contribution is 2.31. The third-order valence-corrected chi connectivity index (χ3v) is 7.81. The summed E-state index contributed by atoms with van der Waals surface area (Å²) in [5, 5.41) is 2.77. The van der Waals surface area contributed by atoms with Gasteiger partial charge in [0.1, 0.15) is 0 Å². The minimum Gasteiger partial charge on any atom is -0.383 e. The van der Waals surface area contributed by atoms with Crippen molar-refractivity contribution in [2.75, 3.05) is 46.4 Å². The van der Waals surface area contributed by atoms with Gasteiger partial charge in [-0.1, -0.05) is 0 Å². The zero-order valence-corrected chi connectivity index (χ0v) is 18.0. The monoisotopic (exact) mass is 397 g/mol. The lowest BCUT2D eigenvalue weighted by Gasteiger charge is -2.35. The van der Waals surface area contributed by atoms with E-state index in [9.17, 15) is 13.2 Å². The molecule has 0 aromatic heterocycles. The van der Waals surface area contributed by atoms with Gasteiger partial charge in [-0.05, 0) is 62.4 Å². The predicted molar refractivity (Wildman–Crippen MR) is 106 cm³/mol. The molecular weight excluding hydrogens is 366 g/mol. The normalized spacial score (nSPS) is 15.9. The van der Waals surface area contributed by atoms with E-state index in [1.54, 1.807) is 12.0 Å². The lowest BCUT2D eigenvalue weighted by molar-refractivity contribution is 0.163. The van der Waals surface area contributed by atoms with Crippen molar-refractivity contribution in [3.05, 3.63) is 27.8 Å². The Labute approximate surface area is 162 Å². The molecule has 0 saturated carbocycles. The number of rotatable bonds is 5. The first-order valence-electron chi connectivity index (χ1n) is 9.21. The molecule has 2 amide bonds. The Bertz CT molecular complexity index is 784. The van der Waals surface area contributed by atoms with E-state index in [1.165, 1.54) is 4.31 Å². The van der Waals surface area contributed by atoms with Gasteiger partial charge in [0.25, 0.3) is 0 Å². The molecule has 8 heteroatoms. The molecule has 1 aliphatic heterocycles. The topological polar surface area (TPSA) is 79.0 Å². The number of carbonyl (C=O) groups excluding carboxylic acids is 1. The van der Waals surface area contributed by atoms with Crippen LogP contribution >= 0.6 is 0 Å². The van der Waals surface area contributed by atoms with Gasteiger partial charge in [0, 0.05) is 39.8 Å². The van der Waals surface area contributed by atoms with Gasteiger partial charge < -0.3 is 15.0 Å². The average molecular weight is 398 g/mol. The molecule has 1 heterocycles. The molecule has 1 fully saturated rings. The van der Waals surface area contributed by atoms with Crippen molar-refractivity contribution >= 4 is 16.1 Å². The van der Waals surface area contributed by atoms with Crippen molar-refractivity contribution in [3.63, 3.8) is 0 Å². The van der Waals surface area contributed by atoms with Crippen LogP contribution in [0.4, 0.5) is 4.79 Å². The van der Waals surface area contributed by atoms with Crippen LogP contribution < -0.4 is 5.32 Å². The second kappa shape index (κ2) is 8.58. The number of sulfonamides is 1. The molecule has 1 aliphatic rings. The zero-order valence-electron chi connectivity index (χ0n) is 17.2. The van der Waals surface area contributed by atoms with Crippen molar-refractivity contribution < 1.29 is 17.9 Å². The smallest absolute Gasteiger partial charge is 0.317 e. The average Bonchev–Trinajstić information content (AvgIpc) is 2.65. The Kier molecular flexibility index (Phi) is 6.88. The molecule has 0 bridgehead atoms. The number of hydrogen-bond donors (Lipinski definition) is 1. The fourth-order valence-corrected chi connectivity index (χ4v) is 5.47. The molecule has 1 saturated heterocycles. The maximum atomic E-state index is 13.3. The Morgan fingerprint density at radius 2 is 1.41 bits per heavy atom. The number of piperazine rings is 1. The van der Waals surface area contributed by atoms with Gasteiger partial charge in [-0.3, -0.25) is 0 Å². The Hall–Kier alpha value is -1.64. The van der Waals surface area contributed by atoms with Crippen LogP contribution in [0.1, 0.15) is 27.8 Å². The van der Waals surface area contributed by atoms with Crippen LogP contribution in [0, 0.1) is 34.6 Å². The molecule has 7 nitrogen and oxygen atoms in total. The fourth-order valence-electron chi connectivity index (χ4n) is 3.49. The first-order valence-corrected chi connectivity index (χ1v) is 10.7. The van der Waals surface area contributed by atoms with E-state index in [2.05, 4.69) is 5.32 Å². The molecule has 1 aromatic rings. The lowest BCUT2D eigenvalue weighted by Crippen LogP contribution is -2.53. The maximum Gasteiger partial charge on any atom is 0.317 e. The summed E-state index contributed by atoms with van der Waals surface area (Å²) in [6.07, 6.45) is 0. The summed E-state index contributed by atoms with van der Waals surface area (Å²) >= 11 is 0. The third-order valence-electron chi connectivity index (χ3n) is 5.64. The highest BCUT2D eigenvalue weighted by atomic mass is 32.2. The van der Waals surface area contributed by atoms with Crippen molar-refractivity contribution in [3.8, 4) is 0 Å². The predicted octanol–water partition coefficient (Wildman–Crippen LogP) is 1.89. The van der Waals surface area contributed by atoms with E-state index in [-0.39, 0.29) is 6.03 Å². The Morgan fingerprint density at radius 3 is 1.89 bits per heavy atom. The van der Waals surface area contributed by atoms with Crippen molar-refractivity contribution in [2.45, 2.75) is 39.5 Å². The van der Waals surface area contributed by atoms with Crippen LogP contribution in [0.15, 0.2) is 4.90 Å². The summed E-state index contributed by atoms with van der Waals surface area (Å²) in [6.45, 7) is 12.0. The van der Waals surface area contributed by atoms with E-state index in [4.69, 9.17) is 4.74 Å². The largest absolute Gasteiger partial charge is 0.383 e. The molecule has 0 unspecified atom stereocenters. The summed E-state index contributed by atoms with van der Waals surface area (Å²) in [6, 6.07) is -0.182. The van der Waals surface area contributed by atoms with E-state index >= 15 is 0 Å². The van der Waals surface area contributed by atoms with Crippen LogP contribution in [0.3, 0.4) is 0 Å². The third kappa shape index (κ3) is 4.28. The van der Waals surface area contributed by atoms with Crippen LogP contribution in [-0.2, 0) is 14.8 Å². The summed E-state index contributed by atoms with van der Waals surface area (Å²) in [5.74, 6) is 0. The highest BCUT2D eigenvalue weighted by molar-refractivity contribution is 7.89. The first-order chi connectivity index (χ1) is 12.6. The van der Waals surface area contributed by atoms with Gasteiger partial charge in [0.2, 0.25) is 10.0 Å². The summed E-state index contributed by atoms with van der Waals surface area (Å²) in [4.78, 5) is 14.2. The molecule has 2 rings (SSSR count). The zero-order chi connectivity index (χ0) is 20.4. The van der Waals surface area contributed by atoms with E-state index in [0.717, 1.165) is 27.8 Å².